The molecule has 0 spiro atoms. The summed E-state index contributed by atoms with van der Waals surface area (Å²) < 4.78 is 0. The van der Waals surface area contributed by atoms with Gasteiger partial charge in [-0.05, 0) is 6.42 Å². The molecule has 5 nitrogen and oxygen atoms in total. The van der Waals surface area contributed by atoms with Crippen molar-refractivity contribution in [2.45, 2.75) is 19.3 Å². The maximum Gasteiger partial charge on any atom is 0.303 e. The van der Waals surface area contributed by atoms with Crippen LogP contribution in [0.15, 0.2) is 0 Å². The standard InChI is InChI=1S/C5H10N2O3.ClH/c6-7-4(8)2-1-3-5(9)10;/h1-3,6H2,(H,7,8)(H,9,10);1H. The lowest BCUT2D eigenvalue weighted by atomic mass is 10.2. The summed E-state index contributed by atoms with van der Waals surface area (Å²) in [6.07, 6.45) is 0.509. The SMILES string of the molecule is Cl.NNC(=O)CCCC(=O)O. The molecule has 0 bridgehead atoms. The average Bonchev–Trinajstić information content (AvgIpc) is 1.87. The second kappa shape index (κ2) is 7.30. The summed E-state index contributed by atoms with van der Waals surface area (Å²) in [4.78, 5) is 20.3. The number of amides is 1. The highest BCUT2D eigenvalue weighted by molar-refractivity contribution is 5.85. The van der Waals surface area contributed by atoms with Gasteiger partial charge < -0.3 is 5.11 Å². The molecule has 0 aliphatic carbocycles. The Morgan fingerprint density at radius 1 is 1.36 bits per heavy atom. The molecule has 0 aliphatic heterocycles. The Kier molecular flexibility index (Phi) is 8.51. The zero-order chi connectivity index (χ0) is 7.98. The molecule has 11 heavy (non-hydrogen) atoms. The molecule has 0 saturated heterocycles. The van der Waals surface area contributed by atoms with Gasteiger partial charge in [-0.15, -0.1) is 12.4 Å². The van der Waals surface area contributed by atoms with Crippen LogP contribution in [0.3, 0.4) is 0 Å². The Morgan fingerprint density at radius 2 is 1.91 bits per heavy atom. The van der Waals surface area contributed by atoms with Crippen molar-refractivity contribution in [2.24, 2.45) is 5.84 Å². The number of aliphatic carboxylic acids is 1. The Labute approximate surface area is 70.3 Å². The first-order valence-electron chi connectivity index (χ1n) is 2.88. The third-order valence-corrected chi connectivity index (χ3v) is 0.955. The molecular formula is C5H11ClN2O3. The molecule has 0 aromatic heterocycles. The fraction of sp³-hybridized carbons (Fsp3) is 0.600. The first-order valence-corrected chi connectivity index (χ1v) is 2.88. The number of hydrogen-bond acceptors (Lipinski definition) is 3. The van der Waals surface area contributed by atoms with Crippen molar-refractivity contribution >= 4 is 24.3 Å². The molecule has 0 saturated carbocycles. The van der Waals surface area contributed by atoms with Crippen LogP contribution in [0.25, 0.3) is 0 Å². The lowest BCUT2D eigenvalue weighted by Gasteiger charge is -1.95. The van der Waals surface area contributed by atoms with E-state index in [-0.39, 0.29) is 31.2 Å². The van der Waals surface area contributed by atoms with Gasteiger partial charge in [-0.1, -0.05) is 0 Å². The summed E-state index contributed by atoms with van der Waals surface area (Å²) in [6.45, 7) is 0. The normalized spacial score (nSPS) is 8.09. The molecule has 0 fully saturated rings. The maximum absolute atomic E-state index is 10.4. The maximum atomic E-state index is 10.4. The van der Waals surface area contributed by atoms with Crippen molar-refractivity contribution in [2.75, 3.05) is 0 Å². The van der Waals surface area contributed by atoms with Gasteiger partial charge in [0.05, 0.1) is 0 Å². The second-order valence-electron chi connectivity index (χ2n) is 1.81. The molecule has 0 radical (unpaired) electrons. The zero-order valence-corrected chi connectivity index (χ0v) is 6.69. The average molecular weight is 183 g/mol. The third kappa shape index (κ3) is 9.19. The quantitative estimate of drug-likeness (QED) is 0.315. The monoisotopic (exact) mass is 182 g/mol. The van der Waals surface area contributed by atoms with Crippen molar-refractivity contribution in [3.8, 4) is 0 Å². The van der Waals surface area contributed by atoms with Crippen molar-refractivity contribution in [1.29, 1.82) is 0 Å². The molecule has 0 aromatic carbocycles. The Bertz CT molecular complexity index is 140. The van der Waals surface area contributed by atoms with Gasteiger partial charge in [-0.25, -0.2) is 5.84 Å². The van der Waals surface area contributed by atoms with E-state index in [4.69, 9.17) is 10.9 Å². The summed E-state index contributed by atoms with van der Waals surface area (Å²) in [5.74, 6) is 3.51. The lowest BCUT2D eigenvalue weighted by molar-refractivity contribution is -0.137. The molecule has 0 aromatic rings. The van der Waals surface area contributed by atoms with Crippen molar-refractivity contribution < 1.29 is 14.7 Å². The van der Waals surface area contributed by atoms with Gasteiger partial charge in [0, 0.05) is 12.8 Å². The van der Waals surface area contributed by atoms with E-state index in [9.17, 15) is 9.59 Å². The molecule has 0 unspecified atom stereocenters. The number of hydrazine groups is 1. The Balaban J connectivity index is 0. The predicted molar refractivity (Wildman–Crippen MR) is 41.1 cm³/mol. The number of rotatable bonds is 4. The van der Waals surface area contributed by atoms with Gasteiger partial charge >= 0.3 is 5.97 Å². The Morgan fingerprint density at radius 3 is 2.27 bits per heavy atom. The first kappa shape index (κ1) is 12.8. The highest BCUT2D eigenvalue weighted by Gasteiger charge is 2.00. The van der Waals surface area contributed by atoms with Crippen LogP contribution in [0.4, 0.5) is 0 Å². The van der Waals surface area contributed by atoms with Crippen LogP contribution in [-0.4, -0.2) is 17.0 Å². The van der Waals surface area contributed by atoms with E-state index in [1.165, 1.54) is 0 Å². The van der Waals surface area contributed by atoms with E-state index in [0.717, 1.165) is 0 Å². The van der Waals surface area contributed by atoms with Crippen molar-refractivity contribution in [3.05, 3.63) is 0 Å². The fourth-order valence-electron chi connectivity index (χ4n) is 0.472. The topological polar surface area (TPSA) is 92.4 Å². The van der Waals surface area contributed by atoms with Crippen LogP contribution >= 0.6 is 12.4 Å². The zero-order valence-electron chi connectivity index (χ0n) is 5.87. The van der Waals surface area contributed by atoms with Crippen LogP contribution in [-0.2, 0) is 9.59 Å². The molecular weight excluding hydrogens is 172 g/mol. The number of nitrogens with one attached hydrogen (secondary N) is 1. The van der Waals surface area contributed by atoms with Crippen LogP contribution in [0.5, 0.6) is 0 Å². The van der Waals surface area contributed by atoms with E-state index in [0.29, 0.717) is 6.42 Å². The number of carbonyl (C=O) groups excluding carboxylic acids is 1. The molecule has 0 atom stereocenters. The highest BCUT2D eigenvalue weighted by atomic mass is 35.5. The van der Waals surface area contributed by atoms with Crippen LogP contribution < -0.4 is 11.3 Å². The summed E-state index contributed by atoms with van der Waals surface area (Å²) in [5, 5.41) is 8.14. The van der Waals surface area contributed by atoms with Gasteiger partial charge in [-0.3, -0.25) is 15.0 Å². The fourth-order valence-corrected chi connectivity index (χ4v) is 0.472. The van der Waals surface area contributed by atoms with Crippen molar-refractivity contribution in [3.63, 3.8) is 0 Å². The Hall–Kier alpha value is -0.810. The minimum atomic E-state index is -0.898. The largest absolute Gasteiger partial charge is 0.481 e. The summed E-state index contributed by atoms with van der Waals surface area (Å²) in [5.41, 5.74) is 1.91. The second-order valence-corrected chi connectivity index (χ2v) is 1.81. The molecule has 66 valence electrons. The number of carboxylic acid groups (broad SMARTS) is 1. The van der Waals surface area contributed by atoms with Crippen LogP contribution in [0, 0.1) is 0 Å². The van der Waals surface area contributed by atoms with Gasteiger partial charge in [-0.2, -0.15) is 0 Å². The summed E-state index contributed by atoms with van der Waals surface area (Å²) in [6, 6.07) is 0. The van der Waals surface area contributed by atoms with E-state index < -0.39 is 5.97 Å². The van der Waals surface area contributed by atoms with Gasteiger partial charge in [0.2, 0.25) is 5.91 Å². The first-order chi connectivity index (χ1) is 4.66. The molecule has 0 rings (SSSR count). The molecule has 0 heterocycles. The summed E-state index contributed by atoms with van der Waals surface area (Å²) >= 11 is 0. The van der Waals surface area contributed by atoms with Gasteiger partial charge in [0.15, 0.2) is 0 Å². The van der Waals surface area contributed by atoms with Crippen molar-refractivity contribution in [1.82, 2.24) is 5.43 Å². The van der Waals surface area contributed by atoms with E-state index >= 15 is 0 Å². The number of halogens is 1. The third-order valence-electron chi connectivity index (χ3n) is 0.955. The minimum absolute atomic E-state index is 0. The van der Waals surface area contributed by atoms with E-state index in [1.807, 2.05) is 5.43 Å². The van der Waals surface area contributed by atoms with Crippen LogP contribution in [0.2, 0.25) is 0 Å². The smallest absolute Gasteiger partial charge is 0.303 e. The minimum Gasteiger partial charge on any atom is -0.481 e. The van der Waals surface area contributed by atoms with E-state index in [1.54, 1.807) is 0 Å². The van der Waals surface area contributed by atoms with Crippen LogP contribution in [0.1, 0.15) is 19.3 Å². The lowest BCUT2D eigenvalue weighted by Crippen LogP contribution is -2.29. The molecule has 1 amide bonds. The highest BCUT2D eigenvalue weighted by Crippen LogP contribution is 1.93. The summed E-state index contributed by atoms with van der Waals surface area (Å²) in [7, 11) is 0. The van der Waals surface area contributed by atoms with Gasteiger partial charge in [0.1, 0.15) is 0 Å². The number of carboxylic acids is 1. The predicted octanol–water partition coefficient (Wildman–Crippen LogP) is -0.347. The molecule has 4 N–H and O–H groups in total. The number of nitrogens with two attached hydrogens (primary N) is 1. The number of hydrogen-bond donors (Lipinski definition) is 3. The van der Waals surface area contributed by atoms with E-state index in [2.05, 4.69) is 0 Å². The number of carbonyl (C=O) groups is 2. The molecule has 0 aliphatic rings. The molecule has 6 heteroatoms. The van der Waals surface area contributed by atoms with Gasteiger partial charge in [0.25, 0.3) is 0 Å².